The predicted octanol–water partition coefficient (Wildman–Crippen LogP) is 2.99. The quantitative estimate of drug-likeness (QED) is 0.796. The molecule has 1 aromatic heterocycles. The Morgan fingerprint density at radius 2 is 2.24 bits per heavy atom. The third kappa shape index (κ3) is 2.71. The third-order valence-corrected chi connectivity index (χ3v) is 5.08. The van der Waals surface area contributed by atoms with Crippen molar-refractivity contribution < 1.29 is 0 Å². The van der Waals surface area contributed by atoms with E-state index in [-0.39, 0.29) is 5.56 Å². The molecule has 3 rings (SSSR count). The van der Waals surface area contributed by atoms with Gasteiger partial charge in [0.1, 0.15) is 5.82 Å². The van der Waals surface area contributed by atoms with Crippen LogP contribution in [0.3, 0.4) is 0 Å². The topological polar surface area (TPSA) is 49.0 Å². The van der Waals surface area contributed by atoms with Crippen molar-refractivity contribution in [3.8, 4) is 11.4 Å². The predicted molar refractivity (Wildman–Crippen MR) is 94.0 cm³/mol. The highest BCUT2D eigenvalue weighted by atomic mass is 127. The highest BCUT2D eigenvalue weighted by Gasteiger charge is 2.15. The maximum absolute atomic E-state index is 12.0. The van der Waals surface area contributed by atoms with Crippen LogP contribution in [-0.2, 0) is 12.8 Å². The van der Waals surface area contributed by atoms with Crippen LogP contribution < -0.4 is 10.5 Å². The van der Waals surface area contributed by atoms with Crippen LogP contribution >= 0.6 is 22.6 Å². The number of hydrogen-bond acceptors (Lipinski definition) is 3. The van der Waals surface area contributed by atoms with Gasteiger partial charge in [0.25, 0.3) is 5.56 Å². The lowest BCUT2D eigenvalue weighted by Gasteiger charge is -2.27. The van der Waals surface area contributed by atoms with Crippen molar-refractivity contribution in [3.05, 3.63) is 43.4 Å². The maximum atomic E-state index is 12.0. The monoisotopic (exact) mass is 395 g/mol. The summed E-state index contributed by atoms with van der Waals surface area (Å²) in [4.78, 5) is 21.8. The second-order valence-electron chi connectivity index (χ2n) is 5.40. The number of nitrogens with one attached hydrogen (secondary N) is 1. The van der Waals surface area contributed by atoms with Crippen molar-refractivity contribution in [2.75, 3.05) is 18.5 Å². The summed E-state index contributed by atoms with van der Waals surface area (Å²) in [5.41, 5.74) is 4.43. The molecule has 1 N–H and O–H groups in total. The minimum Gasteiger partial charge on any atom is -0.374 e. The Morgan fingerprint density at radius 1 is 1.43 bits per heavy atom. The fourth-order valence-corrected chi connectivity index (χ4v) is 3.45. The van der Waals surface area contributed by atoms with Crippen LogP contribution in [0.1, 0.15) is 24.6 Å². The zero-order valence-corrected chi connectivity index (χ0v) is 14.4. The van der Waals surface area contributed by atoms with Crippen LogP contribution in [0, 0.1) is 3.57 Å². The van der Waals surface area contributed by atoms with E-state index in [0.717, 1.165) is 30.6 Å². The lowest BCUT2D eigenvalue weighted by Crippen LogP contribution is -2.24. The van der Waals surface area contributed by atoms with Crippen LogP contribution in [-0.4, -0.2) is 23.6 Å². The van der Waals surface area contributed by atoms with Crippen LogP contribution in [0.2, 0.25) is 0 Å². The van der Waals surface area contributed by atoms with Gasteiger partial charge < -0.3 is 9.88 Å². The lowest BCUT2D eigenvalue weighted by atomic mass is 9.99. The van der Waals surface area contributed by atoms with Gasteiger partial charge in [0.15, 0.2) is 0 Å². The summed E-state index contributed by atoms with van der Waals surface area (Å²) < 4.78 is 0.691. The summed E-state index contributed by atoms with van der Waals surface area (Å²) in [6.45, 7) is 3.13. The van der Waals surface area contributed by atoms with Gasteiger partial charge in [-0.25, -0.2) is 4.98 Å². The standard InChI is InChI=1S/C16H18IN3O/c1-3-12-14(17)16(21)19-15(18-12)11-6-7-13-10(9-11)5-4-8-20(13)2/h6-7,9H,3-5,8H2,1-2H3,(H,18,19,21). The zero-order chi connectivity index (χ0) is 15.0. The first-order chi connectivity index (χ1) is 10.1. The van der Waals surface area contributed by atoms with Crippen molar-refractivity contribution >= 4 is 28.3 Å². The average molecular weight is 395 g/mol. The molecule has 0 saturated heterocycles. The molecule has 1 aliphatic heterocycles. The molecular weight excluding hydrogens is 377 g/mol. The van der Waals surface area contributed by atoms with Crippen LogP contribution in [0.25, 0.3) is 11.4 Å². The number of fused-ring (bicyclic) bond motifs is 1. The molecule has 0 radical (unpaired) electrons. The lowest BCUT2D eigenvalue weighted by molar-refractivity contribution is 0.744. The molecule has 0 amide bonds. The minimum atomic E-state index is -0.0488. The second-order valence-corrected chi connectivity index (χ2v) is 6.48. The van der Waals surface area contributed by atoms with Crippen LogP contribution in [0.4, 0.5) is 5.69 Å². The maximum Gasteiger partial charge on any atom is 0.264 e. The molecule has 5 heteroatoms. The van der Waals surface area contributed by atoms with Crippen molar-refractivity contribution in [2.45, 2.75) is 26.2 Å². The molecule has 0 spiro atoms. The molecule has 2 heterocycles. The number of nitrogens with zero attached hydrogens (tertiary/aromatic N) is 2. The van der Waals surface area contributed by atoms with Gasteiger partial charge in [-0.3, -0.25) is 4.79 Å². The molecule has 4 nitrogen and oxygen atoms in total. The first-order valence-electron chi connectivity index (χ1n) is 7.23. The SMILES string of the molecule is CCc1nc(-c2ccc3c(c2)CCCN3C)[nH]c(=O)c1I. The fourth-order valence-electron chi connectivity index (χ4n) is 2.81. The first kappa shape index (κ1) is 14.6. The van der Waals surface area contributed by atoms with Gasteiger partial charge in [0.05, 0.1) is 9.26 Å². The molecule has 0 unspecified atom stereocenters. The van der Waals surface area contributed by atoms with Crippen LogP contribution in [0.15, 0.2) is 23.0 Å². The molecule has 0 fully saturated rings. The van der Waals surface area contributed by atoms with E-state index < -0.39 is 0 Å². The Balaban J connectivity index is 2.09. The molecular formula is C16H18IN3O. The summed E-state index contributed by atoms with van der Waals surface area (Å²) in [6.07, 6.45) is 3.02. The van der Waals surface area contributed by atoms with E-state index in [1.165, 1.54) is 17.7 Å². The smallest absolute Gasteiger partial charge is 0.264 e. The number of aromatic nitrogens is 2. The van der Waals surface area contributed by atoms with Gasteiger partial charge >= 0.3 is 0 Å². The number of aryl methyl sites for hydroxylation is 2. The number of rotatable bonds is 2. The van der Waals surface area contributed by atoms with Crippen molar-refractivity contribution in [1.82, 2.24) is 9.97 Å². The molecule has 0 atom stereocenters. The number of H-pyrrole nitrogens is 1. The average Bonchev–Trinajstić information content (AvgIpc) is 2.50. The highest BCUT2D eigenvalue weighted by molar-refractivity contribution is 14.1. The third-order valence-electron chi connectivity index (χ3n) is 3.97. The zero-order valence-electron chi connectivity index (χ0n) is 12.2. The molecule has 0 bridgehead atoms. The Kier molecular flexibility index (Phi) is 4.01. The van der Waals surface area contributed by atoms with Crippen molar-refractivity contribution in [3.63, 3.8) is 0 Å². The summed E-state index contributed by atoms with van der Waals surface area (Å²) in [5.74, 6) is 0.674. The number of anilines is 1. The van der Waals surface area contributed by atoms with E-state index >= 15 is 0 Å². The summed E-state index contributed by atoms with van der Waals surface area (Å²) in [5, 5.41) is 0. The Morgan fingerprint density at radius 3 is 3.00 bits per heavy atom. The molecule has 0 aliphatic carbocycles. The molecule has 0 saturated carbocycles. The number of halogens is 1. The van der Waals surface area contributed by atoms with E-state index in [1.54, 1.807) is 0 Å². The molecule has 21 heavy (non-hydrogen) atoms. The van der Waals surface area contributed by atoms with E-state index in [4.69, 9.17) is 0 Å². The van der Waals surface area contributed by atoms with Gasteiger partial charge in [0.2, 0.25) is 0 Å². The van der Waals surface area contributed by atoms with Crippen LogP contribution in [0.5, 0.6) is 0 Å². The summed E-state index contributed by atoms with van der Waals surface area (Å²) in [7, 11) is 2.12. The number of hydrogen-bond donors (Lipinski definition) is 1. The largest absolute Gasteiger partial charge is 0.374 e. The molecule has 110 valence electrons. The van der Waals surface area contributed by atoms with Crippen molar-refractivity contribution in [2.24, 2.45) is 0 Å². The molecule has 2 aromatic rings. The van der Waals surface area contributed by atoms with E-state index in [2.05, 4.69) is 56.6 Å². The highest BCUT2D eigenvalue weighted by Crippen LogP contribution is 2.29. The Hall–Kier alpha value is -1.37. The van der Waals surface area contributed by atoms with E-state index in [0.29, 0.717) is 9.39 Å². The molecule has 1 aromatic carbocycles. The summed E-state index contributed by atoms with van der Waals surface area (Å²) in [6, 6.07) is 6.34. The Labute approximate surface area is 137 Å². The molecule has 1 aliphatic rings. The van der Waals surface area contributed by atoms with Crippen molar-refractivity contribution in [1.29, 1.82) is 0 Å². The first-order valence-corrected chi connectivity index (χ1v) is 8.31. The van der Waals surface area contributed by atoms with Gasteiger partial charge in [-0.05, 0) is 65.6 Å². The minimum absolute atomic E-state index is 0.0488. The Bertz CT molecular complexity index is 739. The fraction of sp³-hybridized carbons (Fsp3) is 0.375. The normalized spacial score (nSPS) is 14.1. The van der Waals surface area contributed by atoms with Gasteiger partial charge in [-0.2, -0.15) is 0 Å². The van der Waals surface area contributed by atoms with Gasteiger partial charge in [-0.15, -0.1) is 0 Å². The van der Waals surface area contributed by atoms with Gasteiger partial charge in [-0.1, -0.05) is 6.92 Å². The second kappa shape index (κ2) is 5.79. The van der Waals surface area contributed by atoms with Gasteiger partial charge in [0, 0.05) is 24.8 Å². The van der Waals surface area contributed by atoms with E-state index in [1.807, 2.05) is 13.0 Å². The summed E-state index contributed by atoms with van der Waals surface area (Å²) >= 11 is 2.07. The number of benzene rings is 1. The number of aromatic amines is 1. The van der Waals surface area contributed by atoms with E-state index in [9.17, 15) is 4.79 Å².